The normalized spacial score (nSPS) is 16.5. The fourth-order valence-corrected chi connectivity index (χ4v) is 5.28. The average Bonchev–Trinajstić information content (AvgIpc) is 3.14. The maximum atomic E-state index is 13.5. The van der Waals surface area contributed by atoms with Gasteiger partial charge in [-0.3, -0.25) is 4.79 Å². The van der Waals surface area contributed by atoms with Crippen LogP contribution in [0, 0.1) is 5.82 Å². The summed E-state index contributed by atoms with van der Waals surface area (Å²) >= 11 is 13.2. The Balaban J connectivity index is 1.57. The van der Waals surface area contributed by atoms with E-state index in [1.165, 1.54) is 19.2 Å². The molecule has 0 saturated carbocycles. The van der Waals surface area contributed by atoms with Gasteiger partial charge in [0.2, 0.25) is 0 Å². The largest absolute Gasteiger partial charge is 0.486 e. The molecule has 0 amide bonds. The third kappa shape index (κ3) is 4.06. The monoisotopic (exact) mass is 523 g/mol. The fraction of sp³-hybridized carbons (Fsp3) is 0.143. The molecule has 0 saturated heterocycles. The molecular formula is C28H20Cl2FNO4. The van der Waals surface area contributed by atoms with E-state index in [1.807, 2.05) is 12.1 Å². The van der Waals surface area contributed by atoms with Crippen LogP contribution in [0.1, 0.15) is 39.9 Å². The summed E-state index contributed by atoms with van der Waals surface area (Å²) in [6.07, 6.45) is 0. The first-order valence-corrected chi connectivity index (χ1v) is 11.9. The van der Waals surface area contributed by atoms with Crippen LogP contribution in [0.25, 0.3) is 5.70 Å². The van der Waals surface area contributed by atoms with Crippen LogP contribution in [0.5, 0.6) is 5.75 Å². The number of fused-ring (bicyclic) bond motifs is 2. The first-order chi connectivity index (χ1) is 17.3. The van der Waals surface area contributed by atoms with Crippen molar-refractivity contribution in [2.75, 3.05) is 7.11 Å². The lowest BCUT2D eigenvalue weighted by Gasteiger charge is -2.29. The number of methoxy groups -OCH3 is 1. The highest BCUT2D eigenvalue weighted by molar-refractivity contribution is 6.37. The van der Waals surface area contributed by atoms with E-state index in [2.05, 4.69) is 5.32 Å². The van der Waals surface area contributed by atoms with Gasteiger partial charge in [0.15, 0.2) is 11.5 Å². The summed E-state index contributed by atoms with van der Waals surface area (Å²) in [7, 11) is 1.29. The molecule has 1 N–H and O–H groups in total. The van der Waals surface area contributed by atoms with Gasteiger partial charge in [-0.15, -0.1) is 0 Å². The van der Waals surface area contributed by atoms with Crippen LogP contribution < -0.4 is 10.1 Å². The summed E-state index contributed by atoms with van der Waals surface area (Å²) in [5, 5.41) is 3.66. The Kier molecular flexibility index (Phi) is 6.33. The lowest BCUT2D eigenvalue weighted by Crippen LogP contribution is -2.29. The van der Waals surface area contributed by atoms with Crippen LogP contribution in [-0.2, 0) is 16.1 Å². The third-order valence-corrected chi connectivity index (χ3v) is 6.87. The fourth-order valence-electron chi connectivity index (χ4n) is 4.66. The Labute approximate surface area is 217 Å². The average molecular weight is 524 g/mol. The minimum absolute atomic E-state index is 0.127. The van der Waals surface area contributed by atoms with Gasteiger partial charge in [-0.1, -0.05) is 59.6 Å². The van der Waals surface area contributed by atoms with Gasteiger partial charge in [0, 0.05) is 28.3 Å². The van der Waals surface area contributed by atoms with Gasteiger partial charge >= 0.3 is 5.97 Å². The highest BCUT2D eigenvalue weighted by atomic mass is 35.5. The number of hydrogen-bond donors (Lipinski definition) is 1. The zero-order valence-electron chi connectivity index (χ0n) is 19.3. The quantitative estimate of drug-likeness (QED) is 0.389. The van der Waals surface area contributed by atoms with Crippen LogP contribution in [0.3, 0.4) is 0 Å². The number of carbonyl (C=O) groups excluding carboxylic acids is 2. The van der Waals surface area contributed by atoms with Crippen molar-refractivity contribution in [3.63, 3.8) is 0 Å². The Morgan fingerprint density at radius 1 is 1.03 bits per heavy atom. The van der Waals surface area contributed by atoms with E-state index in [1.54, 1.807) is 43.3 Å². The molecule has 36 heavy (non-hydrogen) atoms. The lowest BCUT2D eigenvalue weighted by atomic mass is 9.80. The first-order valence-electron chi connectivity index (χ1n) is 11.1. The Bertz CT molecular complexity index is 1450. The summed E-state index contributed by atoms with van der Waals surface area (Å²) in [6.45, 7) is 1.89. The van der Waals surface area contributed by atoms with Gasteiger partial charge in [-0.25, -0.2) is 9.18 Å². The summed E-state index contributed by atoms with van der Waals surface area (Å²) in [4.78, 5) is 26.4. The maximum absolute atomic E-state index is 13.5. The van der Waals surface area contributed by atoms with Crippen molar-refractivity contribution in [3.05, 3.63) is 116 Å². The van der Waals surface area contributed by atoms with E-state index in [0.29, 0.717) is 33.7 Å². The second-order valence-corrected chi connectivity index (χ2v) is 9.29. The highest BCUT2D eigenvalue weighted by Gasteiger charge is 2.43. The molecule has 0 radical (unpaired) electrons. The SMILES string of the molecule is COC(=O)C1=C(C)NC2=C(C(=O)c3ccccc32)[C@@H]1c1cc(Cl)c(OCc2ccc(F)cc2)c(Cl)c1. The molecular weight excluding hydrogens is 504 g/mol. The molecule has 8 heteroatoms. The van der Waals surface area contributed by atoms with Gasteiger partial charge in [0.05, 0.1) is 28.4 Å². The van der Waals surface area contributed by atoms with Crippen LogP contribution in [0.15, 0.2) is 77.5 Å². The molecule has 1 aliphatic heterocycles. The van der Waals surface area contributed by atoms with Gasteiger partial charge in [-0.2, -0.15) is 0 Å². The van der Waals surface area contributed by atoms with E-state index in [4.69, 9.17) is 32.7 Å². The number of esters is 1. The van der Waals surface area contributed by atoms with Gasteiger partial charge in [-0.05, 0) is 42.3 Å². The first kappa shape index (κ1) is 24.1. The molecule has 5 rings (SSSR count). The minimum Gasteiger partial charge on any atom is -0.486 e. The summed E-state index contributed by atoms with van der Waals surface area (Å²) in [6, 6.07) is 16.4. The Morgan fingerprint density at radius 2 is 1.67 bits per heavy atom. The molecule has 0 unspecified atom stereocenters. The van der Waals surface area contributed by atoms with Crippen molar-refractivity contribution in [1.82, 2.24) is 5.32 Å². The number of Topliss-reactive ketones (excluding diaryl/α,β-unsaturated/α-hetero) is 1. The van der Waals surface area contributed by atoms with Crippen LogP contribution in [0.2, 0.25) is 10.0 Å². The van der Waals surface area contributed by atoms with Crippen molar-refractivity contribution < 1.29 is 23.5 Å². The molecule has 1 aliphatic carbocycles. The minimum atomic E-state index is -0.755. The van der Waals surface area contributed by atoms with E-state index in [9.17, 15) is 14.0 Å². The molecule has 3 aromatic carbocycles. The molecule has 0 spiro atoms. The molecule has 1 heterocycles. The van der Waals surface area contributed by atoms with Crippen molar-refractivity contribution in [2.45, 2.75) is 19.4 Å². The van der Waals surface area contributed by atoms with Crippen molar-refractivity contribution in [3.8, 4) is 5.75 Å². The predicted molar refractivity (Wildman–Crippen MR) is 135 cm³/mol. The van der Waals surface area contributed by atoms with Gasteiger partial charge < -0.3 is 14.8 Å². The second-order valence-electron chi connectivity index (χ2n) is 8.48. The summed E-state index contributed by atoms with van der Waals surface area (Å²) in [5.41, 5.74) is 4.54. The number of carbonyl (C=O) groups is 2. The topological polar surface area (TPSA) is 64.6 Å². The molecule has 182 valence electrons. The van der Waals surface area contributed by atoms with Crippen molar-refractivity contribution in [2.24, 2.45) is 0 Å². The zero-order chi connectivity index (χ0) is 25.6. The maximum Gasteiger partial charge on any atom is 0.336 e. The third-order valence-electron chi connectivity index (χ3n) is 6.30. The lowest BCUT2D eigenvalue weighted by molar-refractivity contribution is -0.136. The molecule has 2 aliphatic rings. The van der Waals surface area contributed by atoms with E-state index >= 15 is 0 Å². The number of rotatable bonds is 5. The van der Waals surface area contributed by atoms with E-state index in [0.717, 1.165) is 11.1 Å². The number of allylic oxidation sites excluding steroid dienone is 2. The standard InChI is InChI=1S/C28H20Cl2FNO4/c1-14-22(28(34)35-2)23(24-25(32-14)18-5-3-4-6-19(18)26(24)33)16-11-20(29)27(21(30)12-16)36-13-15-7-9-17(31)10-8-15/h3-12,23,32H,13H2,1-2H3/t23-/m1/s1. The number of dihydropyridines is 1. The van der Waals surface area contributed by atoms with Crippen LogP contribution in [-0.4, -0.2) is 18.9 Å². The van der Waals surface area contributed by atoms with Crippen molar-refractivity contribution in [1.29, 1.82) is 0 Å². The van der Waals surface area contributed by atoms with E-state index in [-0.39, 0.29) is 34.0 Å². The number of ketones is 1. The number of hydrogen-bond acceptors (Lipinski definition) is 5. The second kappa shape index (κ2) is 9.45. The molecule has 0 bridgehead atoms. The molecule has 0 fully saturated rings. The smallest absolute Gasteiger partial charge is 0.336 e. The number of nitrogens with one attached hydrogen (secondary N) is 1. The number of ether oxygens (including phenoxy) is 2. The summed E-state index contributed by atoms with van der Waals surface area (Å²) < 4.78 is 24.1. The molecule has 1 atom stereocenters. The Morgan fingerprint density at radius 3 is 2.31 bits per heavy atom. The number of benzene rings is 3. The zero-order valence-corrected chi connectivity index (χ0v) is 20.8. The van der Waals surface area contributed by atoms with E-state index < -0.39 is 11.9 Å². The molecule has 3 aromatic rings. The molecule has 0 aromatic heterocycles. The van der Waals surface area contributed by atoms with Crippen LogP contribution in [0.4, 0.5) is 4.39 Å². The van der Waals surface area contributed by atoms with Crippen LogP contribution >= 0.6 is 23.2 Å². The highest BCUT2D eigenvalue weighted by Crippen LogP contribution is 2.48. The van der Waals surface area contributed by atoms with Gasteiger partial charge in [0.1, 0.15) is 12.4 Å². The summed E-state index contributed by atoms with van der Waals surface area (Å²) in [5.74, 6) is -1.60. The number of halogens is 3. The van der Waals surface area contributed by atoms with Gasteiger partial charge in [0.25, 0.3) is 0 Å². The molecule has 5 nitrogen and oxygen atoms in total. The predicted octanol–water partition coefficient (Wildman–Crippen LogP) is 6.45. The Hall–Kier alpha value is -3.61. The van der Waals surface area contributed by atoms with Crippen molar-refractivity contribution >= 4 is 40.7 Å².